The number of thioether (sulfide) groups is 1. The van der Waals surface area contributed by atoms with Crippen LogP contribution in [0.3, 0.4) is 0 Å². The number of anilines is 1. The van der Waals surface area contributed by atoms with E-state index in [1.165, 1.54) is 5.56 Å². The van der Waals surface area contributed by atoms with Crippen molar-refractivity contribution in [2.45, 2.75) is 35.4 Å². The minimum Gasteiger partial charge on any atom is -0.354 e. The number of hydrogen-bond donors (Lipinski definition) is 1. The molecule has 1 fully saturated rings. The molecule has 1 aliphatic rings. The van der Waals surface area contributed by atoms with Crippen molar-refractivity contribution < 1.29 is 0 Å². The molecule has 6 nitrogen and oxygen atoms in total. The Kier molecular flexibility index (Phi) is 8.62. The fourth-order valence-corrected chi connectivity index (χ4v) is 5.17. The van der Waals surface area contributed by atoms with E-state index in [2.05, 4.69) is 58.0 Å². The summed E-state index contributed by atoms with van der Waals surface area (Å²) >= 11 is 3.16. The lowest BCUT2D eigenvalue weighted by Gasteiger charge is -2.25. The van der Waals surface area contributed by atoms with Crippen LogP contribution in [0.5, 0.6) is 0 Å². The van der Waals surface area contributed by atoms with Gasteiger partial charge in [-0.3, -0.25) is 4.72 Å². The van der Waals surface area contributed by atoms with E-state index in [0.717, 1.165) is 59.7 Å². The van der Waals surface area contributed by atoms with Gasteiger partial charge >= 0.3 is 0 Å². The van der Waals surface area contributed by atoms with Crippen molar-refractivity contribution in [3.8, 4) is 12.1 Å². The molecule has 1 aromatic heterocycles. The first-order valence-electron chi connectivity index (χ1n) is 10.5. The molecule has 0 bridgehead atoms. The Morgan fingerprint density at radius 3 is 2.45 bits per heavy atom. The molecule has 2 heterocycles. The predicted molar refractivity (Wildman–Crippen MR) is 128 cm³/mol. The zero-order valence-electron chi connectivity index (χ0n) is 18.3. The van der Waals surface area contributed by atoms with E-state index >= 15 is 0 Å². The van der Waals surface area contributed by atoms with Gasteiger partial charge in [0, 0.05) is 30.3 Å². The van der Waals surface area contributed by atoms with Crippen LogP contribution in [0.4, 0.5) is 5.82 Å². The van der Waals surface area contributed by atoms with E-state index < -0.39 is 0 Å². The molecule has 0 saturated carbocycles. The fourth-order valence-electron chi connectivity index (χ4n) is 3.70. The molecule has 0 spiro atoms. The lowest BCUT2D eigenvalue weighted by Crippen LogP contribution is -2.30. The molecular formula is C23H28N6S2. The van der Waals surface area contributed by atoms with Crippen molar-refractivity contribution in [2.24, 2.45) is 0 Å². The number of hydrogen-bond acceptors (Lipinski definition) is 8. The Bertz CT molecular complexity index is 978. The van der Waals surface area contributed by atoms with E-state index in [1.807, 2.05) is 14.0 Å². The minimum atomic E-state index is 0.544. The van der Waals surface area contributed by atoms with Crippen molar-refractivity contribution in [2.75, 3.05) is 45.2 Å². The molecule has 0 unspecified atom stereocenters. The fraction of sp³-hybridized carbons (Fsp3) is 0.435. The minimum absolute atomic E-state index is 0.544. The highest BCUT2D eigenvalue weighted by Gasteiger charge is 2.24. The van der Waals surface area contributed by atoms with Crippen molar-refractivity contribution >= 4 is 29.5 Å². The van der Waals surface area contributed by atoms with Crippen LogP contribution in [-0.2, 0) is 12.2 Å². The Balaban J connectivity index is 1.93. The van der Waals surface area contributed by atoms with E-state index in [0.29, 0.717) is 17.5 Å². The van der Waals surface area contributed by atoms with E-state index in [4.69, 9.17) is 4.98 Å². The van der Waals surface area contributed by atoms with Gasteiger partial charge in [-0.25, -0.2) is 4.98 Å². The highest BCUT2D eigenvalue weighted by Crippen LogP contribution is 2.34. The third kappa shape index (κ3) is 5.72. The van der Waals surface area contributed by atoms with E-state index in [9.17, 15) is 10.5 Å². The summed E-state index contributed by atoms with van der Waals surface area (Å²) in [5.41, 5.74) is 3.09. The predicted octanol–water partition coefficient (Wildman–Crippen LogP) is 4.05. The van der Waals surface area contributed by atoms with Gasteiger partial charge in [-0.05, 0) is 68.7 Å². The van der Waals surface area contributed by atoms with Crippen LogP contribution in [-0.4, -0.2) is 50.2 Å². The SMILES string of the molecule is CCc1c(C#N)c(SCc2ccc(SNC)cc2)nc(N2CCCN(C)CC2)c1C#N. The molecule has 1 saturated heterocycles. The Morgan fingerprint density at radius 1 is 1.06 bits per heavy atom. The summed E-state index contributed by atoms with van der Waals surface area (Å²) in [5.74, 6) is 1.46. The van der Waals surface area contributed by atoms with Crippen molar-refractivity contribution in [3.63, 3.8) is 0 Å². The molecule has 0 radical (unpaired) electrons. The average molecular weight is 453 g/mol. The van der Waals surface area contributed by atoms with Gasteiger partial charge in [-0.1, -0.05) is 19.1 Å². The molecule has 0 amide bonds. The second-order valence-corrected chi connectivity index (χ2v) is 9.48. The lowest BCUT2D eigenvalue weighted by molar-refractivity contribution is 0.360. The van der Waals surface area contributed by atoms with Gasteiger partial charge < -0.3 is 9.80 Å². The molecule has 0 atom stereocenters. The number of nitrogens with zero attached hydrogens (tertiary/aromatic N) is 5. The van der Waals surface area contributed by atoms with Gasteiger partial charge in [-0.2, -0.15) is 10.5 Å². The highest BCUT2D eigenvalue weighted by atomic mass is 32.2. The summed E-state index contributed by atoms with van der Waals surface area (Å²) in [6, 6.07) is 13.1. The van der Waals surface area contributed by atoms with Crippen molar-refractivity contribution in [1.82, 2.24) is 14.6 Å². The summed E-state index contributed by atoms with van der Waals surface area (Å²) in [6.45, 7) is 5.69. The number of rotatable bonds is 7. The molecule has 162 valence electrons. The summed E-state index contributed by atoms with van der Waals surface area (Å²) in [7, 11) is 4.03. The number of likely N-dealkylation sites (N-methyl/N-ethyl adjacent to an activating group) is 1. The maximum absolute atomic E-state index is 9.92. The van der Waals surface area contributed by atoms with Crippen LogP contribution < -0.4 is 9.62 Å². The zero-order chi connectivity index (χ0) is 22.2. The largest absolute Gasteiger partial charge is 0.354 e. The molecule has 8 heteroatoms. The van der Waals surface area contributed by atoms with Gasteiger partial charge in [0.2, 0.25) is 0 Å². The Hall–Kier alpha value is -2.23. The van der Waals surface area contributed by atoms with Crippen molar-refractivity contribution in [3.05, 3.63) is 46.5 Å². The van der Waals surface area contributed by atoms with Gasteiger partial charge in [0.25, 0.3) is 0 Å². The van der Waals surface area contributed by atoms with E-state index in [-0.39, 0.29) is 0 Å². The van der Waals surface area contributed by atoms with Crippen LogP contribution in [0.25, 0.3) is 0 Å². The molecule has 2 aromatic rings. The number of nitrogens with one attached hydrogen (secondary N) is 1. The number of aromatic nitrogens is 1. The summed E-state index contributed by atoms with van der Waals surface area (Å²) < 4.78 is 3.08. The Morgan fingerprint density at radius 2 is 1.81 bits per heavy atom. The summed E-state index contributed by atoms with van der Waals surface area (Å²) in [5, 5.41) is 20.5. The lowest BCUT2D eigenvalue weighted by atomic mass is 10.0. The standard InChI is InChI=1S/C23H28N6S2/c1-4-19-20(14-24)22(29-11-5-10-28(3)12-13-29)27-23(21(19)15-25)30-16-17-6-8-18(9-7-17)31-26-2/h6-9,26H,4-5,10-13,16H2,1-3H3. The quantitative estimate of drug-likeness (QED) is 0.498. The van der Waals surface area contributed by atoms with Gasteiger partial charge in [0.1, 0.15) is 23.0 Å². The maximum atomic E-state index is 9.92. The van der Waals surface area contributed by atoms with Crippen LogP contribution >= 0.6 is 23.7 Å². The second-order valence-electron chi connectivity index (χ2n) is 7.43. The second kappa shape index (κ2) is 11.4. The third-order valence-electron chi connectivity index (χ3n) is 5.36. The Labute approximate surface area is 193 Å². The van der Waals surface area contributed by atoms with Crippen LogP contribution in [0.1, 0.15) is 35.6 Å². The van der Waals surface area contributed by atoms with Crippen molar-refractivity contribution in [1.29, 1.82) is 10.5 Å². The highest BCUT2D eigenvalue weighted by molar-refractivity contribution is 7.98. The summed E-state index contributed by atoms with van der Waals surface area (Å²) in [4.78, 5) is 10.6. The number of pyridine rings is 1. The van der Waals surface area contributed by atoms with Gasteiger partial charge in [0.15, 0.2) is 0 Å². The zero-order valence-corrected chi connectivity index (χ0v) is 19.9. The molecule has 3 rings (SSSR count). The van der Waals surface area contributed by atoms with Gasteiger partial charge in [-0.15, -0.1) is 11.8 Å². The summed E-state index contributed by atoms with van der Waals surface area (Å²) in [6.07, 6.45) is 1.67. The number of benzene rings is 1. The monoisotopic (exact) mass is 452 g/mol. The van der Waals surface area contributed by atoms with Crippen LogP contribution in [0.2, 0.25) is 0 Å². The average Bonchev–Trinajstić information content (AvgIpc) is 3.01. The molecular weight excluding hydrogens is 424 g/mol. The smallest absolute Gasteiger partial charge is 0.148 e. The van der Waals surface area contributed by atoms with Crippen LogP contribution in [0.15, 0.2) is 34.2 Å². The van der Waals surface area contributed by atoms with E-state index in [1.54, 1.807) is 23.7 Å². The first kappa shape index (κ1) is 23.4. The number of nitriles is 2. The molecule has 1 N–H and O–H groups in total. The topological polar surface area (TPSA) is 79.0 Å². The molecule has 1 aliphatic heterocycles. The normalized spacial score (nSPS) is 14.7. The third-order valence-corrected chi connectivity index (χ3v) is 7.12. The molecule has 31 heavy (non-hydrogen) atoms. The molecule has 1 aromatic carbocycles. The maximum Gasteiger partial charge on any atom is 0.148 e. The molecule has 0 aliphatic carbocycles. The first-order chi connectivity index (χ1) is 15.1. The van der Waals surface area contributed by atoms with Gasteiger partial charge in [0.05, 0.1) is 11.1 Å². The first-order valence-corrected chi connectivity index (χ1v) is 12.3. The van der Waals surface area contributed by atoms with Crippen LogP contribution in [0, 0.1) is 22.7 Å².